The summed E-state index contributed by atoms with van der Waals surface area (Å²) in [4.78, 5) is 0. The second-order valence-corrected chi connectivity index (χ2v) is 1.98. The third-order valence-corrected chi connectivity index (χ3v) is 1.07. The third-order valence-electron chi connectivity index (χ3n) is 1.07. The van der Waals surface area contributed by atoms with E-state index in [1.165, 1.54) is 0 Å². The predicted molar refractivity (Wildman–Crippen MR) is 78.6 cm³/mol. The monoisotopic (exact) mass is 502 g/mol. The number of hydrogen-bond acceptors (Lipinski definition) is 2. The van der Waals surface area contributed by atoms with Crippen molar-refractivity contribution in [1.29, 1.82) is 0 Å². The highest BCUT2D eigenvalue weighted by Crippen LogP contribution is 1.99. The molecular weight excluding hydrogens is 485 g/mol. The van der Waals surface area contributed by atoms with Crippen molar-refractivity contribution in [3.63, 3.8) is 0 Å². The normalized spacial score (nSPS) is 7.64. The van der Waals surface area contributed by atoms with Gasteiger partial charge in [0.15, 0.2) is 6.29 Å². The molecule has 0 heterocycles. The lowest BCUT2D eigenvalue weighted by atomic mass is 10.2. The first-order chi connectivity index (χ1) is 3.77. The van der Waals surface area contributed by atoms with Crippen LogP contribution < -0.4 is 0 Å². The van der Waals surface area contributed by atoms with E-state index < -0.39 is 6.29 Å². The molecule has 0 aromatic carbocycles. The van der Waals surface area contributed by atoms with E-state index in [0.717, 1.165) is 19.3 Å². The van der Waals surface area contributed by atoms with Gasteiger partial charge in [-0.3, -0.25) is 0 Å². The van der Waals surface area contributed by atoms with Crippen molar-refractivity contribution in [2.24, 2.45) is 0 Å². The molecule has 0 atom stereocenters. The lowest BCUT2D eigenvalue weighted by molar-refractivity contribution is -0.0465. The van der Waals surface area contributed by atoms with Crippen LogP contribution in [-0.4, -0.2) is 16.5 Å². The minimum absolute atomic E-state index is 0. The van der Waals surface area contributed by atoms with E-state index >= 15 is 0 Å². The number of rotatable bonds is 4. The quantitative estimate of drug-likeness (QED) is 0.353. The van der Waals surface area contributed by atoms with E-state index in [-0.39, 0.29) is 71.9 Å². The third kappa shape index (κ3) is 24.5. The van der Waals surface area contributed by atoms with Gasteiger partial charge in [-0.15, -0.1) is 71.9 Å². The lowest BCUT2D eigenvalue weighted by Gasteiger charge is -1.99. The number of halogens is 3. The fourth-order valence-electron chi connectivity index (χ4n) is 0.577. The molecule has 0 bridgehead atoms. The summed E-state index contributed by atoms with van der Waals surface area (Å²) >= 11 is 0. The van der Waals surface area contributed by atoms with E-state index in [9.17, 15) is 0 Å². The van der Waals surface area contributed by atoms with E-state index in [1.54, 1.807) is 0 Å². The average molecular weight is 502 g/mol. The molecule has 0 rings (SSSR count). The highest BCUT2D eigenvalue weighted by atomic mass is 127. The summed E-state index contributed by atoms with van der Waals surface area (Å²) in [5.74, 6) is 0. The molecule has 0 radical (unpaired) electrons. The van der Waals surface area contributed by atoms with E-state index in [2.05, 4.69) is 6.92 Å². The molecule has 0 aliphatic rings. The molecule has 0 aromatic heterocycles. The van der Waals surface area contributed by atoms with Gasteiger partial charge in [0.1, 0.15) is 0 Å². The maximum absolute atomic E-state index is 8.33. The summed E-state index contributed by atoms with van der Waals surface area (Å²) in [5, 5.41) is 16.7. The smallest absolute Gasteiger partial charge is 0.151 e. The largest absolute Gasteiger partial charge is 0.368 e. The van der Waals surface area contributed by atoms with E-state index in [1.807, 2.05) is 0 Å². The minimum Gasteiger partial charge on any atom is -0.368 e. The highest BCUT2D eigenvalue weighted by Gasteiger charge is 1.93. The average Bonchev–Trinajstić information content (AvgIpc) is 1.66. The summed E-state index contributed by atoms with van der Waals surface area (Å²) in [7, 11) is 0. The molecule has 2 nitrogen and oxygen atoms in total. The van der Waals surface area contributed by atoms with Gasteiger partial charge in [0.2, 0.25) is 0 Å². The van der Waals surface area contributed by atoms with Crippen molar-refractivity contribution >= 4 is 71.9 Å². The Morgan fingerprint density at radius 3 is 1.73 bits per heavy atom. The van der Waals surface area contributed by atoms with Gasteiger partial charge >= 0.3 is 0 Å². The highest BCUT2D eigenvalue weighted by molar-refractivity contribution is 14.0. The standard InChI is InChI=1S/C6H14O2.3HI/c1-2-3-4-5-6(7)8;;;/h6-8H,2-5H2,1H3;3*1H. The number of hydrogen-bond donors (Lipinski definition) is 2. The maximum atomic E-state index is 8.33. The molecule has 0 aliphatic carbocycles. The van der Waals surface area contributed by atoms with Gasteiger partial charge in [0.25, 0.3) is 0 Å². The van der Waals surface area contributed by atoms with Crippen molar-refractivity contribution < 1.29 is 10.2 Å². The van der Waals surface area contributed by atoms with Gasteiger partial charge in [-0.1, -0.05) is 19.8 Å². The summed E-state index contributed by atoms with van der Waals surface area (Å²) in [6, 6.07) is 0. The predicted octanol–water partition coefficient (Wildman–Crippen LogP) is 2.73. The molecule has 11 heavy (non-hydrogen) atoms. The molecule has 0 aromatic rings. The zero-order valence-electron chi connectivity index (χ0n) is 6.52. The molecular formula is C6H17I3O2. The Hall–Kier alpha value is 2.11. The molecule has 74 valence electrons. The van der Waals surface area contributed by atoms with Crippen LogP contribution in [0.1, 0.15) is 32.6 Å². The van der Waals surface area contributed by atoms with Crippen LogP contribution in [0, 0.1) is 0 Å². The van der Waals surface area contributed by atoms with Crippen molar-refractivity contribution in [1.82, 2.24) is 0 Å². The Kier molecular flexibility index (Phi) is 37.9. The van der Waals surface area contributed by atoms with Crippen LogP contribution in [0.15, 0.2) is 0 Å². The van der Waals surface area contributed by atoms with Gasteiger partial charge in [-0.2, -0.15) is 0 Å². The number of aliphatic hydroxyl groups excluding tert-OH is 1. The fraction of sp³-hybridized carbons (Fsp3) is 1.00. The maximum Gasteiger partial charge on any atom is 0.151 e. The summed E-state index contributed by atoms with van der Waals surface area (Å²) in [5.41, 5.74) is 0. The van der Waals surface area contributed by atoms with Gasteiger partial charge in [-0.05, 0) is 12.8 Å². The topological polar surface area (TPSA) is 40.5 Å². The molecule has 0 saturated heterocycles. The SMILES string of the molecule is CCCCCC(O)O.I.I.I. The van der Waals surface area contributed by atoms with Crippen molar-refractivity contribution in [2.45, 2.75) is 38.9 Å². The Balaban J connectivity index is -0.0000000817. The second kappa shape index (κ2) is 18.0. The van der Waals surface area contributed by atoms with E-state index in [4.69, 9.17) is 10.2 Å². The van der Waals surface area contributed by atoms with Crippen LogP contribution in [-0.2, 0) is 0 Å². The number of aliphatic hydroxyl groups is 2. The van der Waals surface area contributed by atoms with Crippen molar-refractivity contribution in [3.8, 4) is 0 Å². The zero-order chi connectivity index (χ0) is 6.41. The molecule has 0 saturated carbocycles. The van der Waals surface area contributed by atoms with Gasteiger partial charge in [0.05, 0.1) is 0 Å². The van der Waals surface area contributed by atoms with Crippen LogP contribution in [0.3, 0.4) is 0 Å². The van der Waals surface area contributed by atoms with Crippen LogP contribution in [0.5, 0.6) is 0 Å². The fourth-order valence-corrected chi connectivity index (χ4v) is 0.577. The van der Waals surface area contributed by atoms with Crippen LogP contribution in [0.25, 0.3) is 0 Å². The van der Waals surface area contributed by atoms with Crippen molar-refractivity contribution in [3.05, 3.63) is 0 Å². The summed E-state index contributed by atoms with van der Waals surface area (Å²) in [6.07, 6.45) is 2.58. The Morgan fingerprint density at radius 1 is 1.00 bits per heavy atom. The van der Waals surface area contributed by atoms with Gasteiger partial charge in [-0.25, -0.2) is 0 Å². The number of unbranched alkanes of at least 4 members (excludes halogenated alkanes) is 2. The van der Waals surface area contributed by atoms with Crippen LogP contribution in [0.4, 0.5) is 0 Å². The molecule has 2 N–H and O–H groups in total. The summed E-state index contributed by atoms with van der Waals surface area (Å²) < 4.78 is 0. The van der Waals surface area contributed by atoms with Crippen molar-refractivity contribution in [2.75, 3.05) is 0 Å². The van der Waals surface area contributed by atoms with Gasteiger partial charge < -0.3 is 10.2 Å². The summed E-state index contributed by atoms with van der Waals surface area (Å²) in [6.45, 7) is 2.09. The molecule has 0 fully saturated rings. The van der Waals surface area contributed by atoms with Crippen LogP contribution in [0.2, 0.25) is 0 Å². The molecule has 5 heteroatoms. The first-order valence-corrected chi connectivity index (χ1v) is 3.13. The molecule has 0 unspecified atom stereocenters. The Bertz CT molecular complexity index is 53.1. The molecule has 0 amide bonds. The zero-order valence-corrected chi connectivity index (χ0v) is 13.5. The van der Waals surface area contributed by atoms with E-state index in [0.29, 0.717) is 6.42 Å². The lowest BCUT2D eigenvalue weighted by Crippen LogP contribution is -2.02. The Morgan fingerprint density at radius 2 is 1.45 bits per heavy atom. The van der Waals surface area contributed by atoms with Gasteiger partial charge in [0, 0.05) is 0 Å². The molecule has 0 spiro atoms. The first-order valence-electron chi connectivity index (χ1n) is 3.13. The first kappa shape index (κ1) is 23.2. The minimum atomic E-state index is -1.10. The van der Waals surface area contributed by atoms with Crippen LogP contribution >= 0.6 is 71.9 Å². The second-order valence-electron chi connectivity index (χ2n) is 1.98. The Labute approximate surface area is 120 Å². The molecule has 0 aliphatic heterocycles.